The fraction of sp³-hybridized carbons (Fsp3) is 0.467. The van der Waals surface area contributed by atoms with Crippen LogP contribution in [0.1, 0.15) is 25.5 Å². The molecule has 2 heterocycles. The van der Waals surface area contributed by atoms with E-state index in [4.69, 9.17) is 4.99 Å². The molecule has 2 aliphatic rings. The van der Waals surface area contributed by atoms with Gasteiger partial charge in [0.1, 0.15) is 0 Å². The fourth-order valence-corrected chi connectivity index (χ4v) is 3.12. The average Bonchev–Trinajstić information content (AvgIpc) is 2.42. The molecule has 1 aromatic rings. The van der Waals surface area contributed by atoms with Crippen molar-refractivity contribution >= 4 is 33.8 Å². The summed E-state index contributed by atoms with van der Waals surface area (Å²) in [5.74, 6) is 0.946. The maximum absolute atomic E-state index is 4.83. The maximum Gasteiger partial charge on any atom is 0.223 e. The summed E-state index contributed by atoms with van der Waals surface area (Å²) in [6, 6.07) is 6.96. The highest BCUT2D eigenvalue weighted by atomic mass is 79.9. The third-order valence-corrected chi connectivity index (χ3v) is 4.54. The second kappa shape index (κ2) is 5.77. The smallest absolute Gasteiger partial charge is 0.223 e. The molecule has 0 spiro atoms. The van der Waals surface area contributed by atoms with Gasteiger partial charge in [0.25, 0.3) is 0 Å². The maximum atomic E-state index is 4.83. The van der Waals surface area contributed by atoms with E-state index in [0.717, 1.165) is 29.2 Å². The third-order valence-electron chi connectivity index (χ3n) is 4.04. The molecule has 0 amide bonds. The lowest BCUT2D eigenvalue weighted by Gasteiger charge is -2.45. The topological polar surface area (TPSA) is 43.2 Å². The summed E-state index contributed by atoms with van der Waals surface area (Å²) >= 11 is 3.54. The minimum atomic E-state index is 0.176. The Hall–Kier alpha value is -1.40. The lowest BCUT2D eigenvalue weighted by Crippen LogP contribution is -2.62. The Morgan fingerprint density at radius 1 is 1.43 bits per heavy atom. The van der Waals surface area contributed by atoms with Gasteiger partial charge in [0.15, 0.2) is 0 Å². The first-order valence-corrected chi connectivity index (χ1v) is 8.01. The Bertz CT molecular complexity index is 592. The van der Waals surface area contributed by atoms with Gasteiger partial charge in [0.2, 0.25) is 5.96 Å². The minimum Gasteiger partial charge on any atom is -0.338 e. The van der Waals surface area contributed by atoms with Crippen LogP contribution in [0.15, 0.2) is 32.8 Å². The molecule has 5 nitrogen and oxygen atoms in total. The van der Waals surface area contributed by atoms with Crippen LogP contribution in [0, 0.1) is 0 Å². The van der Waals surface area contributed by atoms with Crippen LogP contribution in [0.4, 0.5) is 5.69 Å². The van der Waals surface area contributed by atoms with Crippen LogP contribution in [0.5, 0.6) is 0 Å². The number of hydrazone groups is 1. The van der Waals surface area contributed by atoms with Crippen LogP contribution in [-0.4, -0.2) is 48.3 Å². The largest absolute Gasteiger partial charge is 0.338 e. The lowest BCUT2D eigenvalue weighted by molar-refractivity contribution is 0.180. The molecule has 3 rings (SSSR count). The summed E-state index contributed by atoms with van der Waals surface area (Å²) in [4.78, 5) is 7.11. The number of guanidine groups is 1. The Kier molecular flexibility index (Phi) is 3.99. The SMILES string of the molecule is C/C=N\N1C(N2CC(NC)C2)=Nc2ccc(Br)cc2C1C. The first-order chi connectivity index (χ1) is 10.1. The van der Waals surface area contributed by atoms with Crippen molar-refractivity contribution in [3.63, 3.8) is 0 Å². The zero-order valence-electron chi connectivity index (χ0n) is 12.5. The number of hydrogen-bond donors (Lipinski definition) is 1. The molecule has 112 valence electrons. The molecule has 0 bridgehead atoms. The van der Waals surface area contributed by atoms with Gasteiger partial charge in [0, 0.05) is 35.4 Å². The molecule has 1 unspecified atom stereocenters. The number of nitrogens with zero attached hydrogens (tertiary/aromatic N) is 4. The summed E-state index contributed by atoms with van der Waals surface area (Å²) in [6.45, 7) is 6.06. The Labute approximate surface area is 133 Å². The van der Waals surface area contributed by atoms with Crippen LogP contribution < -0.4 is 5.32 Å². The van der Waals surface area contributed by atoms with Crippen molar-refractivity contribution in [3.05, 3.63) is 28.2 Å². The number of hydrogen-bond acceptors (Lipinski definition) is 5. The zero-order valence-corrected chi connectivity index (χ0v) is 14.1. The van der Waals surface area contributed by atoms with Gasteiger partial charge < -0.3 is 10.2 Å². The summed E-state index contributed by atoms with van der Waals surface area (Å²) in [5, 5.41) is 9.84. The summed E-state index contributed by atoms with van der Waals surface area (Å²) in [5.41, 5.74) is 2.24. The predicted molar refractivity (Wildman–Crippen MR) is 90.1 cm³/mol. The number of nitrogens with one attached hydrogen (secondary N) is 1. The van der Waals surface area contributed by atoms with Crippen molar-refractivity contribution in [2.45, 2.75) is 25.9 Å². The first-order valence-electron chi connectivity index (χ1n) is 7.22. The zero-order chi connectivity index (χ0) is 15.0. The lowest BCUT2D eigenvalue weighted by atomic mass is 10.0. The monoisotopic (exact) mass is 349 g/mol. The van der Waals surface area contributed by atoms with E-state index in [1.54, 1.807) is 0 Å². The number of halogens is 1. The molecule has 6 heteroatoms. The van der Waals surface area contributed by atoms with Gasteiger partial charge in [-0.25, -0.2) is 10.0 Å². The molecule has 0 radical (unpaired) electrons. The van der Waals surface area contributed by atoms with Crippen molar-refractivity contribution in [1.82, 2.24) is 15.2 Å². The van der Waals surface area contributed by atoms with Gasteiger partial charge in [0.05, 0.1) is 11.7 Å². The highest BCUT2D eigenvalue weighted by Gasteiger charge is 2.36. The van der Waals surface area contributed by atoms with Gasteiger partial charge in [-0.05, 0) is 39.1 Å². The summed E-state index contributed by atoms with van der Waals surface area (Å²) < 4.78 is 1.08. The molecule has 21 heavy (non-hydrogen) atoms. The normalized spacial score (nSPS) is 22.3. The molecular weight excluding hydrogens is 330 g/mol. The molecular formula is C15H20BrN5. The van der Waals surface area contributed by atoms with Crippen molar-refractivity contribution in [3.8, 4) is 0 Å². The van der Waals surface area contributed by atoms with Crippen molar-refractivity contribution < 1.29 is 0 Å². The standard InChI is InChI=1S/C15H20BrN5/c1-4-18-21-10(2)13-7-11(16)5-6-14(13)19-15(21)20-8-12(9-20)17-3/h4-7,10,12,17H,8-9H2,1-3H3/b18-4-. The molecule has 1 N–H and O–H groups in total. The predicted octanol–water partition coefficient (Wildman–Crippen LogP) is 2.72. The van der Waals surface area contributed by atoms with Gasteiger partial charge in [-0.3, -0.25) is 0 Å². The van der Waals surface area contributed by atoms with Gasteiger partial charge in [-0.1, -0.05) is 15.9 Å². The Morgan fingerprint density at radius 2 is 2.19 bits per heavy atom. The van der Waals surface area contributed by atoms with Crippen LogP contribution >= 0.6 is 15.9 Å². The van der Waals surface area contributed by atoms with Gasteiger partial charge in [-0.2, -0.15) is 5.10 Å². The van der Waals surface area contributed by atoms with Crippen LogP contribution in [0.25, 0.3) is 0 Å². The van der Waals surface area contributed by atoms with Gasteiger partial charge >= 0.3 is 0 Å². The summed E-state index contributed by atoms with van der Waals surface area (Å²) in [7, 11) is 2.00. The summed E-state index contributed by atoms with van der Waals surface area (Å²) in [6.07, 6.45) is 1.82. The van der Waals surface area contributed by atoms with E-state index in [1.165, 1.54) is 5.56 Å². The number of rotatable bonds is 2. The molecule has 1 saturated heterocycles. The number of likely N-dealkylation sites (tertiary alicyclic amines) is 1. The van der Waals surface area contributed by atoms with E-state index in [9.17, 15) is 0 Å². The van der Waals surface area contributed by atoms with Crippen LogP contribution in [0.3, 0.4) is 0 Å². The second-order valence-corrected chi connectivity index (χ2v) is 6.32. The molecule has 1 fully saturated rings. The van der Waals surface area contributed by atoms with E-state index in [0.29, 0.717) is 6.04 Å². The number of likely N-dealkylation sites (N-methyl/N-ethyl adjacent to an activating group) is 1. The number of fused-ring (bicyclic) bond motifs is 1. The van der Waals surface area contributed by atoms with E-state index >= 15 is 0 Å². The molecule has 0 aliphatic carbocycles. The van der Waals surface area contributed by atoms with Crippen LogP contribution in [0.2, 0.25) is 0 Å². The minimum absolute atomic E-state index is 0.176. The van der Waals surface area contributed by atoms with Crippen molar-refractivity contribution in [2.24, 2.45) is 10.1 Å². The molecule has 0 aromatic heterocycles. The Morgan fingerprint density at radius 3 is 2.86 bits per heavy atom. The van der Waals surface area contributed by atoms with Crippen LogP contribution in [-0.2, 0) is 0 Å². The van der Waals surface area contributed by atoms with E-state index in [2.05, 4.69) is 50.3 Å². The van der Waals surface area contributed by atoms with E-state index < -0.39 is 0 Å². The van der Waals surface area contributed by atoms with Gasteiger partial charge in [-0.15, -0.1) is 0 Å². The third kappa shape index (κ3) is 2.58. The quantitative estimate of drug-likeness (QED) is 0.834. The number of benzene rings is 1. The fourth-order valence-electron chi connectivity index (χ4n) is 2.74. The number of aliphatic imine (C=N–C) groups is 1. The van der Waals surface area contributed by atoms with Crippen molar-refractivity contribution in [2.75, 3.05) is 20.1 Å². The first kappa shape index (κ1) is 14.5. The van der Waals surface area contributed by atoms with E-state index in [-0.39, 0.29) is 6.04 Å². The molecule has 1 atom stereocenters. The molecule has 1 aromatic carbocycles. The molecule has 0 saturated carbocycles. The average molecular weight is 350 g/mol. The van der Waals surface area contributed by atoms with E-state index in [1.807, 2.05) is 31.3 Å². The Balaban J connectivity index is 1.97. The highest BCUT2D eigenvalue weighted by Crippen LogP contribution is 2.37. The highest BCUT2D eigenvalue weighted by molar-refractivity contribution is 9.10. The second-order valence-electron chi connectivity index (χ2n) is 5.40. The molecule has 2 aliphatic heterocycles. The van der Waals surface area contributed by atoms with Crippen molar-refractivity contribution in [1.29, 1.82) is 0 Å².